The molecule has 0 saturated carbocycles. The summed E-state index contributed by atoms with van der Waals surface area (Å²) in [5, 5.41) is 6.99. The van der Waals surface area contributed by atoms with Crippen LogP contribution in [-0.2, 0) is 0 Å². The van der Waals surface area contributed by atoms with Crippen molar-refractivity contribution in [1.29, 1.82) is 0 Å². The molecule has 0 saturated heterocycles. The van der Waals surface area contributed by atoms with Gasteiger partial charge in [0.1, 0.15) is 0 Å². The second-order valence-corrected chi connectivity index (χ2v) is 7.44. The van der Waals surface area contributed by atoms with Crippen LogP contribution < -0.4 is 5.32 Å². The summed E-state index contributed by atoms with van der Waals surface area (Å²) >= 11 is 4.16. The van der Waals surface area contributed by atoms with E-state index in [1.165, 1.54) is 19.4 Å². The molecule has 1 aromatic carbocycles. The van der Waals surface area contributed by atoms with E-state index in [9.17, 15) is 0 Å². The minimum Gasteiger partial charge on any atom is -0.307 e. The van der Waals surface area contributed by atoms with E-state index in [0.717, 1.165) is 12.1 Å². The molecule has 1 atom stereocenters. The van der Waals surface area contributed by atoms with Crippen molar-refractivity contribution in [3.63, 3.8) is 0 Å². The smallest absolute Gasteiger partial charge is 0.0705 e. The van der Waals surface area contributed by atoms with Crippen molar-refractivity contribution in [3.05, 3.63) is 62.0 Å². The van der Waals surface area contributed by atoms with Crippen LogP contribution in [0.15, 0.2) is 48.0 Å². The Hall–Kier alpha value is -0.980. The number of nitrogens with one attached hydrogen (secondary N) is 1. The lowest BCUT2D eigenvalue weighted by atomic mass is 10.00. The van der Waals surface area contributed by atoms with Crippen molar-refractivity contribution in [3.8, 4) is 0 Å². The first-order valence-corrected chi connectivity index (χ1v) is 8.56. The van der Waals surface area contributed by atoms with Gasteiger partial charge in [-0.15, -0.1) is 11.3 Å². The van der Waals surface area contributed by atoms with Gasteiger partial charge in [0.2, 0.25) is 0 Å². The van der Waals surface area contributed by atoms with Crippen molar-refractivity contribution in [1.82, 2.24) is 10.3 Å². The van der Waals surface area contributed by atoms with Crippen LogP contribution in [0.25, 0.3) is 10.9 Å². The van der Waals surface area contributed by atoms with Crippen molar-refractivity contribution >= 4 is 44.8 Å². The molecule has 0 aliphatic carbocycles. The molecule has 1 unspecified atom stereocenters. The lowest BCUT2D eigenvalue weighted by Crippen LogP contribution is -2.21. The first-order chi connectivity index (χ1) is 9.78. The standard InChI is InChI=1S/C16H15IN2S/c1-2-18-16(13-9-15(17)20-10-13)12-6-5-11-4-3-7-19-14(11)8-12/h3-10,16,18H,2H2,1H3. The maximum Gasteiger partial charge on any atom is 0.0705 e. The summed E-state index contributed by atoms with van der Waals surface area (Å²) in [5.74, 6) is 0. The number of halogens is 1. The van der Waals surface area contributed by atoms with Gasteiger partial charge in [0, 0.05) is 11.6 Å². The molecule has 0 aliphatic rings. The highest BCUT2D eigenvalue weighted by Gasteiger charge is 2.15. The molecule has 0 bridgehead atoms. The normalized spacial score (nSPS) is 12.7. The second-order valence-electron chi connectivity index (χ2n) is 4.63. The number of fused-ring (bicyclic) bond motifs is 1. The Morgan fingerprint density at radius 1 is 1.25 bits per heavy atom. The average molecular weight is 394 g/mol. The molecule has 2 nitrogen and oxygen atoms in total. The highest BCUT2D eigenvalue weighted by atomic mass is 127. The number of aromatic nitrogens is 1. The van der Waals surface area contributed by atoms with Gasteiger partial charge in [0.15, 0.2) is 0 Å². The average Bonchev–Trinajstić information content (AvgIpc) is 2.90. The van der Waals surface area contributed by atoms with Crippen molar-refractivity contribution in [2.45, 2.75) is 13.0 Å². The van der Waals surface area contributed by atoms with Gasteiger partial charge >= 0.3 is 0 Å². The number of rotatable bonds is 4. The van der Waals surface area contributed by atoms with E-state index < -0.39 is 0 Å². The van der Waals surface area contributed by atoms with Crippen LogP contribution in [0.2, 0.25) is 0 Å². The Kier molecular flexibility index (Phi) is 4.33. The number of benzene rings is 1. The van der Waals surface area contributed by atoms with E-state index in [0.29, 0.717) is 0 Å². The van der Waals surface area contributed by atoms with Crippen LogP contribution in [0.4, 0.5) is 0 Å². The lowest BCUT2D eigenvalue weighted by Gasteiger charge is -2.17. The molecule has 1 N–H and O–H groups in total. The third-order valence-corrected chi connectivity index (χ3v) is 5.10. The zero-order chi connectivity index (χ0) is 13.9. The summed E-state index contributed by atoms with van der Waals surface area (Å²) in [7, 11) is 0. The number of pyridine rings is 1. The van der Waals surface area contributed by atoms with Crippen LogP contribution >= 0.6 is 33.9 Å². The molecule has 4 heteroatoms. The molecule has 3 rings (SSSR count). The van der Waals surface area contributed by atoms with Gasteiger partial charge in [-0.25, -0.2) is 0 Å². The van der Waals surface area contributed by atoms with Crippen LogP contribution in [0.5, 0.6) is 0 Å². The lowest BCUT2D eigenvalue weighted by molar-refractivity contribution is 0.633. The number of nitrogens with zero attached hydrogens (tertiary/aromatic N) is 1. The van der Waals surface area contributed by atoms with E-state index in [-0.39, 0.29) is 6.04 Å². The van der Waals surface area contributed by atoms with Crippen LogP contribution in [-0.4, -0.2) is 11.5 Å². The first-order valence-electron chi connectivity index (χ1n) is 6.60. The Morgan fingerprint density at radius 2 is 2.15 bits per heavy atom. The Bertz CT molecular complexity index is 723. The van der Waals surface area contributed by atoms with Gasteiger partial charge in [-0.1, -0.05) is 25.1 Å². The molecule has 2 aromatic heterocycles. The topological polar surface area (TPSA) is 24.9 Å². The number of hydrogen-bond acceptors (Lipinski definition) is 3. The first kappa shape index (κ1) is 14.0. The van der Waals surface area contributed by atoms with Crippen LogP contribution in [0.1, 0.15) is 24.1 Å². The Balaban J connectivity index is 2.04. The quantitative estimate of drug-likeness (QED) is 0.655. The fraction of sp³-hybridized carbons (Fsp3) is 0.188. The van der Waals surface area contributed by atoms with Gasteiger partial charge < -0.3 is 5.32 Å². The fourth-order valence-corrected chi connectivity index (χ4v) is 3.77. The van der Waals surface area contributed by atoms with Gasteiger partial charge in [0.05, 0.1) is 14.4 Å². The molecular weight excluding hydrogens is 379 g/mol. The molecule has 102 valence electrons. The highest BCUT2D eigenvalue weighted by Crippen LogP contribution is 2.28. The summed E-state index contributed by atoms with van der Waals surface area (Å²) in [5.41, 5.74) is 3.65. The monoisotopic (exact) mass is 394 g/mol. The van der Waals surface area contributed by atoms with E-state index in [1.54, 1.807) is 11.3 Å². The third-order valence-electron chi connectivity index (χ3n) is 3.29. The van der Waals surface area contributed by atoms with Gasteiger partial charge in [-0.3, -0.25) is 4.98 Å². The summed E-state index contributed by atoms with van der Waals surface area (Å²) in [6.45, 7) is 3.08. The fourth-order valence-electron chi connectivity index (χ4n) is 2.37. The Labute approximate surface area is 136 Å². The second kappa shape index (κ2) is 6.20. The summed E-state index contributed by atoms with van der Waals surface area (Å²) in [6, 6.07) is 13.1. The predicted octanol–water partition coefficient (Wildman–Crippen LogP) is 4.60. The molecule has 3 aromatic rings. The number of thiophene rings is 1. The third kappa shape index (κ3) is 2.87. The zero-order valence-electron chi connectivity index (χ0n) is 11.1. The van der Waals surface area contributed by atoms with Crippen molar-refractivity contribution in [2.75, 3.05) is 6.54 Å². The van der Waals surface area contributed by atoms with Crippen molar-refractivity contribution < 1.29 is 0 Å². The predicted molar refractivity (Wildman–Crippen MR) is 94.3 cm³/mol. The van der Waals surface area contributed by atoms with E-state index in [4.69, 9.17) is 0 Å². The molecule has 0 amide bonds. The number of hydrogen-bond donors (Lipinski definition) is 1. The molecule has 0 spiro atoms. The maximum absolute atomic E-state index is 4.46. The molecular formula is C16H15IN2S. The zero-order valence-corrected chi connectivity index (χ0v) is 14.1. The maximum atomic E-state index is 4.46. The SMILES string of the molecule is CCNC(c1csc(I)c1)c1ccc2cccnc2c1. The van der Waals surface area contributed by atoms with Gasteiger partial charge in [-0.2, -0.15) is 0 Å². The molecule has 20 heavy (non-hydrogen) atoms. The summed E-state index contributed by atoms with van der Waals surface area (Å²) in [6.07, 6.45) is 1.85. The van der Waals surface area contributed by atoms with E-state index >= 15 is 0 Å². The summed E-state index contributed by atoms with van der Waals surface area (Å²) in [4.78, 5) is 4.46. The van der Waals surface area contributed by atoms with Crippen LogP contribution in [0.3, 0.4) is 0 Å². The van der Waals surface area contributed by atoms with E-state index in [2.05, 4.69) is 75.5 Å². The largest absolute Gasteiger partial charge is 0.307 e. The summed E-state index contributed by atoms with van der Waals surface area (Å²) < 4.78 is 1.32. The minimum absolute atomic E-state index is 0.242. The van der Waals surface area contributed by atoms with Gasteiger partial charge in [0.25, 0.3) is 0 Å². The molecule has 0 aliphatic heterocycles. The van der Waals surface area contributed by atoms with Gasteiger partial charge in [-0.05, 0) is 63.8 Å². The van der Waals surface area contributed by atoms with Crippen molar-refractivity contribution in [2.24, 2.45) is 0 Å². The minimum atomic E-state index is 0.242. The Morgan fingerprint density at radius 3 is 2.90 bits per heavy atom. The highest BCUT2D eigenvalue weighted by molar-refractivity contribution is 14.1. The van der Waals surface area contributed by atoms with Crippen LogP contribution in [0, 0.1) is 2.88 Å². The molecule has 0 fully saturated rings. The van der Waals surface area contributed by atoms with E-state index in [1.807, 2.05) is 12.3 Å². The molecule has 2 heterocycles. The molecule has 0 radical (unpaired) electrons.